The molecule has 0 saturated heterocycles. The van der Waals surface area contributed by atoms with Gasteiger partial charge in [0.25, 0.3) is 5.91 Å². The van der Waals surface area contributed by atoms with Gasteiger partial charge in [0.05, 0.1) is 13.5 Å². The topological polar surface area (TPSA) is 64.6 Å². The maximum absolute atomic E-state index is 11.8. The zero-order valence-electron chi connectivity index (χ0n) is 11.7. The fourth-order valence-electron chi connectivity index (χ4n) is 1.52. The van der Waals surface area contributed by atoms with Gasteiger partial charge in [-0.3, -0.25) is 9.59 Å². The van der Waals surface area contributed by atoms with Crippen molar-refractivity contribution in [2.45, 2.75) is 26.4 Å². The largest absolute Gasteiger partial charge is 0.481 e. The number of carbonyl (C=O) groups excluding carboxylic acids is 2. The van der Waals surface area contributed by atoms with Crippen LogP contribution in [0.2, 0.25) is 5.02 Å². The van der Waals surface area contributed by atoms with Gasteiger partial charge >= 0.3 is 5.97 Å². The van der Waals surface area contributed by atoms with Crippen molar-refractivity contribution in [2.24, 2.45) is 0 Å². The van der Waals surface area contributed by atoms with Gasteiger partial charge < -0.3 is 14.8 Å². The van der Waals surface area contributed by atoms with E-state index in [1.54, 1.807) is 25.1 Å². The monoisotopic (exact) mass is 299 g/mol. The number of rotatable bonds is 6. The second kappa shape index (κ2) is 7.75. The third-order valence-corrected chi connectivity index (χ3v) is 2.90. The van der Waals surface area contributed by atoms with Crippen molar-refractivity contribution in [3.8, 4) is 5.75 Å². The second-order valence-electron chi connectivity index (χ2n) is 4.29. The van der Waals surface area contributed by atoms with Gasteiger partial charge in [0.1, 0.15) is 5.75 Å². The van der Waals surface area contributed by atoms with E-state index in [2.05, 4.69) is 10.1 Å². The Bertz CT molecular complexity index is 490. The van der Waals surface area contributed by atoms with Crippen LogP contribution in [-0.2, 0) is 14.3 Å². The van der Waals surface area contributed by atoms with Crippen molar-refractivity contribution < 1.29 is 19.1 Å². The molecule has 1 atom stereocenters. The minimum Gasteiger partial charge on any atom is -0.481 e. The Morgan fingerprint density at radius 3 is 2.70 bits per heavy atom. The Balaban J connectivity index is 2.47. The van der Waals surface area contributed by atoms with Crippen LogP contribution in [0.15, 0.2) is 18.2 Å². The van der Waals surface area contributed by atoms with Crippen molar-refractivity contribution in [1.29, 1.82) is 0 Å². The van der Waals surface area contributed by atoms with Crippen molar-refractivity contribution in [2.75, 3.05) is 13.7 Å². The highest BCUT2D eigenvalue weighted by molar-refractivity contribution is 6.30. The molecule has 0 fully saturated rings. The van der Waals surface area contributed by atoms with Crippen LogP contribution in [-0.4, -0.2) is 31.6 Å². The van der Waals surface area contributed by atoms with Crippen LogP contribution in [0.1, 0.15) is 18.9 Å². The summed E-state index contributed by atoms with van der Waals surface area (Å²) in [4.78, 5) is 22.7. The van der Waals surface area contributed by atoms with Gasteiger partial charge in [0.2, 0.25) is 0 Å². The molecule has 0 aliphatic carbocycles. The van der Waals surface area contributed by atoms with Crippen LogP contribution < -0.4 is 10.1 Å². The first-order valence-electron chi connectivity index (χ1n) is 6.21. The number of benzene rings is 1. The molecule has 0 heterocycles. The molecule has 1 N–H and O–H groups in total. The first-order chi connectivity index (χ1) is 9.43. The summed E-state index contributed by atoms with van der Waals surface area (Å²) in [6.45, 7) is 3.71. The summed E-state index contributed by atoms with van der Waals surface area (Å²) in [7, 11) is 1.30. The Kier molecular flexibility index (Phi) is 6.31. The highest BCUT2D eigenvalue weighted by atomic mass is 35.5. The second-order valence-corrected chi connectivity index (χ2v) is 4.72. The highest BCUT2D eigenvalue weighted by Crippen LogP contribution is 2.22. The third kappa shape index (κ3) is 5.09. The number of carbonyl (C=O) groups is 2. The summed E-state index contributed by atoms with van der Waals surface area (Å²) >= 11 is 5.85. The zero-order chi connectivity index (χ0) is 15.1. The first kappa shape index (κ1) is 16.3. The van der Waals surface area contributed by atoms with E-state index in [0.29, 0.717) is 10.8 Å². The minimum absolute atomic E-state index is 0.134. The molecular formula is C14H18ClNO4. The molecule has 5 nitrogen and oxygen atoms in total. The third-order valence-electron chi connectivity index (χ3n) is 2.67. The van der Waals surface area contributed by atoms with Crippen LogP contribution >= 0.6 is 11.6 Å². The van der Waals surface area contributed by atoms with Gasteiger partial charge in [0.15, 0.2) is 6.10 Å². The van der Waals surface area contributed by atoms with E-state index in [4.69, 9.17) is 16.3 Å². The van der Waals surface area contributed by atoms with Crippen LogP contribution in [0.25, 0.3) is 0 Å². The molecule has 0 bridgehead atoms. The number of amides is 1. The van der Waals surface area contributed by atoms with Crippen molar-refractivity contribution in [1.82, 2.24) is 5.32 Å². The van der Waals surface area contributed by atoms with E-state index in [-0.39, 0.29) is 24.8 Å². The van der Waals surface area contributed by atoms with Crippen molar-refractivity contribution >= 4 is 23.5 Å². The van der Waals surface area contributed by atoms with E-state index < -0.39 is 6.10 Å². The number of ether oxygens (including phenoxy) is 2. The summed E-state index contributed by atoms with van der Waals surface area (Å²) in [5.41, 5.74) is 0.853. The van der Waals surface area contributed by atoms with Gasteiger partial charge in [-0.05, 0) is 37.6 Å². The predicted octanol–water partition coefficient (Wildman–Crippen LogP) is 2.10. The van der Waals surface area contributed by atoms with E-state index in [1.807, 2.05) is 6.92 Å². The molecule has 1 amide bonds. The molecule has 0 spiro atoms. The van der Waals surface area contributed by atoms with Crippen LogP contribution in [0.3, 0.4) is 0 Å². The molecule has 0 saturated carbocycles. The molecule has 1 aromatic carbocycles. The molecule has 0 aliphatic rings. The Hall–Kier alpha value is -1.75. The molecule has 110 valence electrons. The summed E-state index contributed by atoms with van der Waals surface area (Å²) < 4.78 is 10.0. The number of methoxy groups -OCH3 is 1. The summed E-state index contributed by atoms with van der Waals surface area (Å²) in [5, 5.41) is 3.22. The van der Waals surface area contributed by atoms with Gasteiger partial charge in [-0.1, -0.05) is 11.6 Å². The SMILES string of the molecule is COC(=O)CCNC(=O)C(C)Oc1ccc(Cl)cc1C. The molecule has 0 aromatic heterocycles. The number of halogens is 1. The number of hydrogen-bond acceptors (Lipinski definition) is 4. The lowest BCUT2D eigenvalue weighted by molar-refractivity contribution is -0.140. The highest BCUT2D eigenvalue weighted by Gasteiger charge is 2.15. The normalized spacial score (nSPS) is 11.6. The lowest BCUT2D eigenvalue weighted by Crippen LogP contribution is -2.37. The minimum atomic E-state index is -0.660. The quantitative estimate of drug-likeness (QED) is 0.817. The number of hydrogen-bond donors (Lipinski definition) is 1. The van der Waals surface area contributed by atoms with Crippen molar-refractivity contribution in [3.05, 3.63) is 28.8 Å². The molecule has 1 aromatic rings. The Morgan fingerprint density at radius 1 is 1.40 bits per heavy atom. The smallest absolute Gasteiger partial charge is 0.307 e. The fraction of sp³-hybridized carbons (Fsp3) is 0.429. The molecule has 0 aliphatic heterocycles. The molecule has 0 radical (unpaired) electrons. The van der Waals surface area contributed by atoms with Crippen molar-refractivity contribution in [3.63, 3.8) is 0 Å². The van der Waals surface area contributed by atoms with E-state index in [1.165, 1.54) is 7.11 Å². The molecule has 20 heavy (non-hydrogen) atoms. The Labute approximate surface area is 123 Å². The molecule has 6 heteroatoms. The molecule has 1 rings (SSSR count). The average molecular weight is 300 g/mol. The summed E-state index contributed by atoms with van der Waals surface area (Å²) in [6.07, 6.45) is -0.526. The number of nitrogens with one attached hydrogen (secondary N) is 1. The van der Waals surface area contributed by atoms with Crippen LogP contribution in [0.5, 0.6) is 5.75 Å². The maximum atomic E-state index is 11.8. The lowest BCUT2D eigenvalue weighted by Gasteiger charge is -2.16. The fourth-order valence-corrected chi connectivity index (χ4v) is 1.75. The number of esters is 1. The van der Waals surface area contributed by atoms with Crippen LogP contribution in [0.4, 0.5) is 0 Å². The van der Waals surface area contributed by atoms with Crippen LogP contribution in [0, 0.1) is 6.92 Å². The molecule has 1 unspecified atom stereocenters. The zero-order valence-corrected chi connectivity index (χ0v) is 12.5. The van der Waals surface area contributed by atoms with Gasteiger partial charge in [0, 0.05) is 11.6 Å². The van der Waals surface area contributed by atoms with E-state index in [0.717, 1.165) is 5.56 Å². The summed E-state index contributed by atoms with van der Waals surface area (Å²) in [5.74, 6) is -0.0549. The van der Waals surface area contributed by atoms with E-state index >= 15 is 0 Å². The molecular weight excluding hydrogens is 282 g/mol. The average Bonchev–Trinajstić information content (AvgIpc) is 2.41. The van der Waals surface area contributed by atoms with Gasteiger partial charge in [-0.15, -0.1) is 0 Å². The van der Waals surface area contributed by atoms with Gasteiger partial charge in [-0.25, -0.2) is 0 Å². The first-order valence-corrected chi connectivity index (χ1v) is 6.59. The van der Waals surface area contributed by atoms with Gasteiger partial charge in [-0.2, -0.15) is 0 Å². The lowest BCUT2D eigenvalue weighted by atomic mass is 10.2. The maximum Gasteiger partial charge on any atom is 0.307 e. The Morgan fingerprint density at radius 2 is 2.10 bits per heavy atom. The summed E-state index contributed by atoms with van der Waals surface area (Å²) in [6, 6.07) is 5.18. The van der Waals surface area contributed by atoms with E-state index in [9.17, 15) is 9.59 Å². The predicted molar refractivity (Wildman–Crippen MR) is 75.9 cm³/mol. The number of aryl methyl sites for hydroxylation is 1. The standard InChI is InChI=1S/C14H18ClNO4/c1-9-8-11(15)4-5-12(9)20-10(2)14(18)16-7-6-13(17)19-3/h4-5,8,10H,6-7H2,1-3H3,(H,16,18).